The molecule has 1 aliphatic heterocycles. The monoisotopic (exact) mass is 687 g/mol. The molecule has 274 valence electrons. The van der Waals surface area contributed by atoms with Gasteiger partial charge in [0.1, 0.15) is 23.4 Å². The largest absolute Gasteiger partial charge is 0.458 e. The van der Waals surface area contributed by atoms with Gasteiger partial charge in [-0.2, -0.15) is 0 Å². The Labute approximate surface area is 290 Å². The molecule has 3 aliphatic rings. The molecular weight excluding hydrogens is 630 g/mol. The Balaban J connectivity index is 1.58. The SMILES string of the molecule is CC[C@]1(O)C[C@H](OC(=O)C[C@@H](NC(=O)OC(C)(C)C)c2ccc(C)cc2)C(C)=C(C[C@@H](O)C(=O)[C@@]2(C)C[C@]3(OC)CO[C@@H]3C[C@@H]2O)C1(C)C. The summed E-state index contributed by atoms with van der Waals surface area (Å²) in [5.74, 6) is -1.11. The number of methoxy groups -OCH3 is 1. The van der Waals surface area contributed by atoms with Crippen molar-refractivity contribution in [3.05, 3.63) is 46.5 Å². The second kappa shape index (κ2) is 14.1. The lowest BCUT2D eigenvalue weighted by molar-refractivity contribution is -0.294. The number of carbonyl (C=O) groups is 3. The number of ketones is 1. The van der Waals surface area contributed by atoms with Crippen LogP contribution in [0.25, 0.3) is 0 Å². The molecule has 1 aromatic rings. The van der Waals surface area contributed by atoms with E-state index in [1.54, 1.807) is 41.7 Å². The number of hydrogen-bond donors (Lipinski definition) is 4. The predicted molar refractivity (Wildman–Crippen MR) is 183 cm³/mol. The van der Waals surface area contributed by atoms with Gasteiger partial charge in [-0.1, -0.05) is 56.2 Å². The molecule has 11 heteroatoms. The molecule has 0 bridgehead atoms. The quantitative estimate of drug-likeness (QED) is 0.184. The zero-order valence-corrected chi connectivity index (χ0v) is 30.8. The van der Waals surface area contributed by atoms with Crippen LogP contribution in [0.4, 0.5) is 4.79 Å². The fraction of sp³-hybridized carbons (Fsp3) is 0.711. The van der Waals surface area contributed by atoms with Gasteiger partial charge in [-0.15, -0.1) is 0 Å². The zero-order chi connectivity index (χ0) is 36.7. The summed E-state index contributed by atoms with van der Waals surface area (Å²) in [4.78, 5) is 40.3. The van der Waals surface area contributed by atoms with Crippen LogP contribution in [0.2, 0.25) is 0 Å². The summed E-state index contributed by atoms with van der Waals surface area (Å²) < 4.78 is 22.9. The molecule has 0 aromatic heterocycles. The highest BCUT2D eigenvalue weighted by Gasteiger charge is 2.62. The lowest BCUT2D eigenvalue weighted by atomic mass is 9.58. The number of amides is 1. The van der Waals surface area contributed by atoms with Crippen LogP contribution in [0, 0.1) is 17.8 Å². The highest BCUT2D eigenvalue weighted by atomic mass is 16.6. The van der Waals surface area contributed by atoms with Crippen LogP contribution in [-0.2, 0) is 28.5 Å². The fourth-order valence-corrected chi connectivity index (χ4v) is 7.91. The minimum Gasteiger partial charge on any atom is -0.458 e. The van der Waals surface area contributed by atoms with Gasteiger partial charge in [0.05, 0.1) is 42.3 Å². The number of aliphatic hydroxyl groups excluding tert-OH is 2. The number of rotatable bonds is 11. The van der Waals surface area contributed by atoms with Crippen LogP contribution < -0.4 is 5.32 Å². The summed E-state index contributed by atoms with van der Waals surface area (Å²) in [6.45, 7) is 16.6. The number of fused-ring (bicyclic) bond motifs is 1. The lowest BCUT2D eigenvalue weighted by Gasteiger charge is -2.57. The van der Waals surface area contributed by atoms with E-state index in [1.165, 1.54) is 0 Å². The first-order chi connectivity index (χ1) is 22.6. The smallest absolute Gasteiger partial charge is 0.408 e. The molecule has 4 rings (SSSR count). The van der Waals surface area contributed by atoms with Crippen LogP contribution in [0.15, 0.2) is 35.4 Å². The van der Waals surface area contributed by atoms with Crippen molar-refractivity contribution in [2.24, 2.45) is 10.8 Å². The van der Waals surface area contributed by atoms with Gasteiger partial charge in [-0.05, 0) is 65.5 Å². The number of esters is 1. The Kier molecular flexibility index (Phi) is 11.2. The minimum absolute atomic E-state index is 0.109. The van der Waals surface area contributed by atoms with Crippen molar-refractivity contribution in [2.75, 3.05) is 13.7 Å². The minimum atomic E-state index is -1.49. The van der Waals surface area contributed by atoms with E-state index in [4.69, 9.17) is 18.9 Å². The van der Waals surface area contributed by atoms with Gasteiger partial charge < -0.3 is 39.6 Å². The molecule has 1 saturated carbocycles. The normalized spacial score (nSPS) is 32.3. The molecule has 0 radical (unpaired) electrons. The number of alkyl carbamates (subject to hydrolysis) is 1. The third kappa shape index (κ3) is 7.76. The molecule has 1 amide bonds. The van der Waals surface area contributed by atoms with E-state index in [0.29, 0.717) is 29.7 Å². The molecular formula is C38H57NO10. The average molecular weight is 688 g/mol. The van der Waals surface area contributed by atoms with Crippen molar-refractivity contribution in [3.8, 4) is 0 Å². The van der Waals surface area contributed by atoms with Crippen molar-refractivity contribution < 1.29 is 48.7 Å². The maximum Gasteiger partial charge on any atom is 0.408 e. The number of benzene rings is 1. The van der Waals surface area contributed by atoms with Crippen molar-refractivity contribution in [1.82, 2.24) is 5.32 Å². The molecule has 0 unspecified atom stereocenters. The Morgan fingerprint density at radius 2 is 1.73 bits per heavy atom. The van der Waals surface area contributed by atoms with Crippen LogP contribution in [0.5, 0.6) is 0 Å². The fourth-order valence-electron chi connectivity index (χ4n) is 7.91. The number of ether oxygens (including phenoxy) is 4. The second-order valence-corrected chi connectivity index (χ2v) is 16.2. The van der Waals surface area contributed by atoms with Crippen molar-refractivity contribution in [3.63, 3.8) is 0 Å². The van der Waals surface area contributed by atoms with Gasteiger partial charge in [-0.25, -0.2) is 4.79 Å². The zero-order valence-electron chi connectivity index (χ0n) is 30.8. The van der Waals surface area contributed by atoms with Gasteiger partial charge in [-0.3, -0.25) is 9.59 Å². The first-order valence-electron chi connectivity index (χ1n) is 17.4. The highest BCUT2D eigenvalue weighted by molar-refractivity contribution is 5.89. The van der Waals surface area contributed by atoms with Crippen LogP contribution in [0.3, 0.4) is 0 Å². The molecule has 4 N–H and O–H groups in total. The molecule has 8 atom stereocenters. The molecule has 2 aliphatic carbocycles. The van der Waals surface area contributed by atoms with E-state index in [-0.39, 0.29) is 38.2 Å². The number of aliphatic hydroxyl groups is 3. The Morgan fingerprint density at radius 1 is 1.10 bits per heavy atom. The van der Waals surface area contributed by atoms with Crippen LogP contribution in [-0.4, -0.2) is 88.1 Å². The summed E-state index contributed by atoms with van der Waals surface area (Å²) in [5.41, 5.74) is -1.94. The molecule has 11 nitrogen and oxygen atoms in total. The average Bonchev–Trinajstić information content (AvgIpc) is 3.00. The molecule has 1 heterocycles. The van der Waals surface area contributed by atoms with Gasteiger partial charge in [0.15, 0.2) is 5.78 Å². The molecule has 2 fully saturated rings. The lowest BCUT2D eigenvalue weighted by Crippen LogP contribution is -2.69. The van der Waals surface area contributed by atoms with Gasteiger partial charge in [0, 0.05) is 31.8 Å². The maximum absolute atomic E-state index is 14.0. The van der Waals surface area contributed by atoms with E-state index >= 15 is 0 Å². The van der Waals surface area contributed by atoms with E-state index in [1.807, 2.05) is 52.0 Å². The summed E-state index contributed by atoms with van der Waals surface area (Å²) >= 11 is 0. The number of nitrogens with one attached hydrogen (secondary N) is 1. The van der Waals surface area contributed by atoms with Crippen LogP contribution in [0.1, 0.15) is 111 Å². The third-order valence-corrected chi connectivity index (χ3v) is 11.4. The Hall–Kier alpha value is -2.83. The summed E-state index contributed by atoms with van der Waals surface area (Å²) in [7, 11) is 1.57. The van der Waals surface area contributed by atoms with E-state index in [9.17, 15) is 29.7 Å². The first kappa shape index (κ1) is 39.0. The molecule has 49 heavy (non-hydrogen) atoms. The summed E-state index contributed by atoms with van der Waals surface area (Å²) in [6.07, 6.45) is -3.79. The standard InChI is InChI=1S/C38H57NO10/c1-11-38(45)19-28(48-31(42)17-26(24-14-12-22(2)13-15-24)39-33(44)49-34(4,5)6)23(3)25(35(38,7)8)16-27(40)32(43)36(9)20-37(46-10)21-47-30(37)18-29(36)41/h12-15,26-30,40-41,45H,11,16-21H2,1-10H3,(H,39,44)/t26-,27-,28+,29+,30-,36+,37+,38+/m1/s1. The predicted octanol–water partition coefficient (Wildman–Crippen LogP) is 5.02. The van der Waals surface area contributed by atoms with E-state index < -0.39 is 69.8 Å². The van der Waals surface area contributed by atoms with Crippen molar-refractivity contribution in [1.29, 1.82) is 0 Å². The maximum atomic E-state index is 14.0. The van der Waals surface area contributed by atoms with Gasteiger partial charge >= 0.3 is 12.1 Å². The van der Waals surface area contributed by atoms with E-state index in [0.717, 1.165) is 5.56 Å². The van der Waals surface area contributed by atoms with Gasteiger partial charge in [0.25, 0.3) is 0 Å². The number of carbonyl (C=O) groups excluding carboxylic acids is 3. The topological polar surface area (TPSA) is 161 Å². The summed E-state index contributed by atoms with van der Waals surface area (Å²) in [5, 5.41) is 37.4. The molecule has 0 spiro atoms. The first-order valence-corrected chi connectivity index (χ1v) is 17.4. The molecule has 1 saturated heterocycles. The summed E-state index contributed by atoms with van der Waals surface area (Å²) in [6, 6.07) is 6.71. The Bertz CT molecular complexity index is 1430. The van der Waals surface area contributed by atoms with E-state index in [2.05, 4.69) is 5.32 Å². The van der Waals surface area contributed by atoms with Crippen LogP contribution >= 0.6 is 0 Å². The Morgan fingerprint density at radius 3 is 2.27 bits per heavy atom. The van der Waals surface area contributed by atoms with Crippen molar-refractivity contribution >= 4 is 17.8 Å². The number of hydrogen-bond acceptors (Lipinski definition) is 10. The third-order valence-electron chi connectivity index (χ3n) is 11.4. The van der Waals surface area contributed by atoms with Gasteiger partial charge in [0.2, 0.25) is 0 Å². The number of Topliss-reactive ketones (excluding diaryl/α,β-unsaturated/α-hetero) is 1. The highest BCUT2D eigenvalue weighted by Crippen LogP contribution is 2.53. The van der Waals surface area contributed by atoms with Crippen molar-refractivity contribution in [2.45, 2.75) is 148 Å². The second-order valence-electron chi connectivity index (χ2n) is 16.2. The number of aryl methyl sites for hydroxylation is 1. The molecule has 1 aromatic carbocycles.